The molecule has 110 valence electrons. The Morgan fingerprint density at radius 1 is 1.30 bits per heavy atom. The van der Waals surface area contributed by atoms with Gasteiger partial charge in [0.2, 0.25) is 0 Å². The zero-order valence-corrected chi connectivity index (χ0v) is 12.6. The molecule has 3 rings (SSSR count). The largest absolute Gasteiger partial charge is 0.487 e. The molecule has 1 aliphatic heterocycles. The third-order valence-corrected chi connectivity index (χ3v) is 4.88. The van der Waals surface area contributed by atoms with Crippen molar-refractivity contribution in [1.82, 2.24) is 0 Å². The molecule has 1 aliphatic carbocycles. The van der Waals surface area contributed by atoms with Gasteiger partial charge >= 0.3 is 0 Å². The Morgan fingerprint density at radius 3 is 2.90 bits per heavy atom. The van der Waals surface area contributed by atoms with Crippen molar-refractivity contribution in [3.05, 3.63) is 29.8 Å². The Hall–Kier alpha value is -1.02. The normalized spacial score (nSPS) is 33.0. The zero-order valence-electron chi connectivity index (χ0n) is 12.6. The van der Waals surface area contributed by atoms with Crippen LogP contribution in [0.2, 0.25) is 0 Å². The van der Waals surface area contributed by atoms with Crippen LogP contribution in [-0.4, -0.2) is 10.7 Å². The van der Waals surface area contributed by atoms with Gasteiger partial charge in [-0.1, -0.05) is 38.5 Å². The number of aliphatic hydroxyl groups excluding tert-OH is 1. The van der Waals surface area contributed by atoms with Crippen LogP contribution in [0.15, 0.2) is 24.3 Å². The lowest BCUT2D eigenvalue weighted by atomic mass is 9.71. The summed E-state index contributed by atoms with van der Waals surface area (Å²) in [7, 11) is 0. The third-order valence-electron chi connectivity index (χ3n) is 4.88. The first-order valence-electron chi connectivity index (χ1n) is 8.04. The quantitative estimate of drug-likeness (QED) is 0.861. The fraction of sp³-hybridized carbons (Fsp3) is 0.667. The molecule has 0 radical (unpaired) electrons. The molecule has 2 heteroatoms. The van der Waals surface area contributed by atoms with Gasteiger partial charge in [0, 0.05) is 12.0 Å². The Morgan fingerprint density at radius 2 is 2.10 bits per heavy atom. The fourth-order valence-electron chi connectivity index (χ4n) is 4.18. The molecule has 0 bridgehead atoms. The number of para-hydroxylation sites is 1. The minimum Gasteiger partial charge on any atom is -0.487 e. The molecular weight excluding hydrogens is 248 g/mol. The van der Waals surface area contributed by atoms with Crippen LogP contribution >= 0.6 is 0 Å². The molecule has 1 fully saturated rings. The minimum absolute atomic E-state index is 0.119. The maximum atomic E-state index is 10.5. The number of fused-ring (bicyclic) bond motifs is 1. The number of ether oxygens (including phenoxy) is 1. The molecule has 1 aromatic rings. The van der Waals surface area contributed by atoms with E-state index >= 15 is 0 Å². The lowest BCUT2D eigenvalue weighted by molar-refractivity contribution is -0.0538. The Bertz CT molecular complexity index is 468. The van der Waals surface area contributed by atoms with E-state index in [2.05, 4.69) is 13.8 Å². The molecule has 3 atom stereocenters. The van der Waals surface area contributed by atoms with Crippen LogP contribution in [0.5, 0.6) is 5.75 Å². The molecule has 0 saturated heterocycles. The summed E-state index contributed by atoms with van der Waals surface area (Å²) >= 11 is 0. The van der Waals surface area contributed by atoms with Crippen molar-refractivity contribution in [3.8, 4) is 5.75 Å². The molecule has 0 aromatic heterocycles. The number of hydrogen-bond donors (Lipinski definition) is 1. The first kappa shape index (κ1) is 13.9. The summed E-state index contributed by atoms with van der Waals surface area (Å²) in [5.74, 6) is 2.40. The summed E-state index contributed by atoms with van der Waals surface area (Å²) in [4.78, 5) is 0. The highest BCUT2D eigenvalue weighted by Crippen LogP contribution is 2.48. The van der Waals surface area contributed by atoms with Gasteiger partial charge in [-0.15, -0.1) is 0 Å². The number of aliphatic hydroxyl groups is 1. The fourth-order valence-corrected chi connectivity index (χ4v) is 4.18. The maximum absolute atomic E-state index is 10.5. The van der Waals surface area contributed by atoms with Crippen molar-refractivity contribution in [2.45, 2.75) is 64.1 Å². The highest BCUT2D eigenvalue weighted by molar-refractivity contribution is 5.38. The van der Waals surface area contributed by atoms with Crippen molar-refractivity contribution in [3.63, 3.8) is 0 Å². The summed E-state index contributed by atoms with van der Waals surface area (Å²) in [5, 5.41) is 10.5. The standard InChI is InChI=1S/C18H26O2/c1-13(2)10-14-6-5-9-18(11-14)12-16(19)15-7-3-4-8-17(15)20-18/h3-4,7-8,13-14,16,19H,5-6,9-12H2,1-2H3. The SMILES string of the molecule is CC(C)CC1CCCC2(C1)CC(O)c1ccccc1O2. The second kappa shape index (κ2) is 5.40. The highest BCUT2D eigenvalue weighted by Gasteiger charge is 2.43. The molecule has 3 unspecified atom stereocenters. The van der Waals surface area contributed by atoms with E-state index in [-0.39, 0.29) is 11.7 Å². The van der Waals surface area contributed by atoms with Gasteiger partial charge in [0.25, 0.3) is 0 Å². The summed E-state index contributed by atoms with van der Waals surface area (Å²) in [6, 6.07) is 7.97. The molecule has 20 heavy (non-hydrogen) atoms. The van der Waals surface area contributed by atoms with E-state index < -0.39 is 0 Å². The third kappa shape index (κ3) is 2.71. The molecule has 1 heterocycles. The van der Waals surface area contributed by atoms with E-state index in [1.807, 2.05) is 24.3 Å². The lowest BCUT2D eigenvalue weighted by Crippen LogP contribution is -2.45. The first-order chi connectivity index (χ1) is 9.58. The topological polar surface area (TPSA) is 29.5 Å². The zero-order chi connectivity index (χ0) is 14.2. The summed E-state index contributed by atoms with van der Waals surface area (Å²) < 4.78 is 6.38. The van der Waals surface area contributed by atoms with Crippen molar-refractivity contribution in [1.29, 1.82) is 0 Å². The van der Waals surface area contributed by atoms with Gasteiger partial charge in [-0.2, -0.15) is 0 Å². The monoisotopic (exact) mass is 274 g/mol. The Kier molecular flexibility index (Phi) is 3.76. The van der Waals surface area contributed by atoms with Crippen LogP contribution in [0.25, 0.3) is 0 Å². The molecular formula is C18H26O2. The molecule has 1 spiro atoms. The van der Waals surface area contributed by atoms with E-state index in [1.165, 1.54) is 19.3 Å². The van der Waals surface area contributed by atoms with Crippen LogP contribution < -0.4 is 4.74 Å². The second-order valence-electron chi connectivity index (χ2n) is 7.13. The first-order valence-corrected chi connectivity index (χ1v) is 8.04. The van der Waals surface area contributed by atoms with Crippen molar-refractivity contribution in [2.24, 2.45) is 11.8 Å². The van der Waals surface area contributed by atoms with Crippen molar-refractivity contribution >= 4 is 0 Å². The van der Waals surface area contributed by atoms with Crippen LogP contribution in [0.3, 0.4) is 0 Å². The van der Waals surface area contributed by atoms with E-state index in [9.17, 15) is 5.11 Å². The number of benzene rings is 1. The second-order valence-corrected chi connectivity index (χ2v) is 7.13. The average molecular weight is 274 g/mol. The molecule has 0 amide bonds. The smallest absolute Gasteiger partial charge is 0.125 e. The highest BCUT2D eigenvalue weighted by atomic mass is 16.5. The lowest BCUT2D eigenvalue weighted by Gasteiger charge is -2.46. The van der Waals surface area contributed by atoms with Gasteiger partial charge in [0.1, 0.15) is 11.4 Å². The predicted molar refractivity (Wildman–Crippen MR) is 80.8 cm³/mol. The Balaban J connectivity index is 1.80. The van der Waals surface area contributed by atoms with Crippen LogP contribution in [0.4, 0.5) is 0 Å². The van der Waals surface area contributed by atoms with Gasteiger partial charge in [0.05, 0.1) is 6.10 Å². The predicted octanol–water partition coefficient (Wildman–Crippen LogP) is 4.48. The minimum atomic E-state index is -0.363. The summed E-state index contributed by atoms with van der Waals surface area (Å²) in [5.41, 5.74) is 0.843. The summed E-state index contributed by atoms with van der Waals surface area (Å²) in [6.45, 7) is 4.60. The van der Waals surface area contributed by atoms with Crippen LogP contribution in [0.1, 0.15) is 64.0 Å². The molecule has 2 nitrogen and oxygen atoms in total. The van der Waals surface area contributed by atoms with Crippen molar-refractivity contribution < 1.29 is 9.84 Å². The molecule has 2 aliphatic rings. The van der Waals surface area contributed by atoms with Crippen LogP contribution in [-0.2, 0) is 0 Å². The van der Waals surface area contributed by atoms with Gasteiger partial charge in [-0.3, -0.25) is 0 Å². The number of hydrogen-bond acceptors (Lipinski definition) is 2. The maximum Gasteiger partial charge on any atom is 0.125 e. The van der Waals surface area contributed by atoms with E-state index in [1.54, 1.807) is 0 Å². The van der Waals surface area contributed by atoms with E-state index in [0.717, 1.165) is 42.4 Å². The van der Waals surface area contributed by atoms with Gasteiger partial charge < -0.3 is 9.84 Å². The number of rotatable bonds is 2. The van der Waals surface area contributed by atoms with Gasteiger partial charge in [-0.25, -0.2) is 0 Å². The van der Waals surface area contributed by atoms with Crippen molar-refractivity contribution in [2.75, 3.05) is 0 Å². The van der Waals surface area contributed by atoms with Crippen LogP contribution in [0, 0.1) is 11.8 Å². The van der Waals surface area contributed by atoms with Gasteiger partial charge in [-0.05, 0) is 43.6 Å². The molecule has 1 saturated carbocycles. The van der Waals surface area contributed by atoms with Gasteiger partial charge in [0.15, 0.2) is 0 Å². The average Bonchev–Trinajstić information content (AvgIpc) is 2.38. The molecule has 1 N–H and O–H groups in total. The Labute approximate surface area is 122 Å². The van der Waals surface area contributed by atoms with E-state index in [4.69, 9.17) is 4.74 Å². The summed E-state index contributed by atoms with van der Waals surface area (Å²) in [6.07, 6.45) is 6.43. The van der Waals surface area contributed by atoms with E-state index in [0.29, 0.717) is 0 Å². The molecule has 1 aromatic carbocycles.